The summed E-state index contributed by atoms with van der Waals surface area (Å²) in [6.07, 6.45) is 1.55. The molecule has 0 amide bonds. The second kappa shape index (κ2) is 6.10. The standard InChI is InChI=1S/C20H15N5/c1-14-23-18-11-16(24-20-10-7-15(12-21)13-22-20)8-9-19(18)25(14)17-5-3-2-4-6-17/h2-11,13H,1H3,(H,22,24). The Morgan fingerprint density at radius 1 is 1.04 bits per heavy atom. The van der Waals surface area contributed by atoms with Crippen molar-refractivity contribution < 1.29 is 0 Å². The van der Waals surface area contributed by atoms with Gasteiger partial charge in [-0.15, -0.1) is 0 Å². The van der Waals surface area contributed by atoms with Crippen LogP contribution in [0.3, 0.4) is 0 Å². The van der Waals surface area contributed by atoms with Gasteiger partial charge in [0.2, 0.25) is 0 Å². The normalized spacial score (nSPS) is 10.6. The molecule has 120 valence electrons. The second-order valence-corrected chi connectivity index (χ2v) is 5.70. The van der Waals surface area contributed by atoms with E-state index in [1.807, 2.05) is 43.3 Å². The Labute approximate surface area is 145 Å². The summed E-state index contributed by atoms with van der Waals surface area (Å²) in [4.78, 5) is 8.91. The molecule has 0 aliphatic rings. The summed E-state index contributed by atoms with van der Waals surface area (Å²) in [6, 6.07) is 21.8. The van der Waals surface area contributed by atoms with Crippen LogP contribution in [0.2, 0.25) is 0 Å². The van der Waals surface area contributed by atoms with Crippen molar-refractivity contribution in [3.63, 3.8) is 0 Å². The van der Waals surface area contributed by atoms with Gasteiger partial charge in [-0.05, 0) is 49.4 Å². The Hall–Kier alpha value is -3.65. The highest BCUT2D eigenvalue weighted by molar-refractivity contribution is 5.82. The number of anilines is 2. The van der Waals surface area contributed by atoms with E-state index >= 15 is 0 Å². The summed E-state index contributed by atoms with van der Waals surface area (Å²) in [5, 5.41) is 12.1. The third-order valence-electron chi connectivity index (χ3n) is 4.00. The molecule has 0 saturated heterocycles. The second-order valence-electron chi connectivity index (χ2n) is 5.70. The number of hydrogen-bond acceptors (Lipinski definition) is 4. The first-order chi connectivity index (χ1) is 12.2. The third kappa shape index (κ3) is 2.81. The van der Waals surface area contributed by atoms with Gasteiger partial charge in [-0.2, -0.15) is 5.26 Å². The first kappa shape index (κ1) is 14.9. The lowest BCUT2D eigenvalue weighted by Gasteiger charge is -2.08. The molecule has 0 radical (unpaired) electrons. The molecule has 5 nitrogen and oxygen atoms in total. The molecule has 1 N–H and O–H groups in total. The number of para-hydroxylation sites is 1. The van der Waals surface area contributed by atoms with Crippen LogP contribution in [0.5, 0.6) is 0 Å². The van der Waals surface area contributed by atoms with Crippen LogP contribution in [-0.2, 0) is 0 Å². The van der Waals surface area contributed by atoms with Gasteiger partial charge in [-0.1, -0.05) is 18.2 Å². The molecule has 2 aromatic heterocycles. The summed E-state index contributed by atoms with van der Waals surface area (Å²) < 4.78 is 2.14. The van der Waals surface area contributed by atoms with Crippen molar-refractivity contribution in [3.8, 4) is 11.8 Å². The van der Waals surface area contributed by atoms with E-state index in [0.717, 1.165) is 28.2 Å². The lowest BCUT2D eigenvalue weighted by molar-refractivity contribution is 1.00. The topological polar surface area (TPSA) is 66.5 Å². The van der Waals surface area contributed by atoms with E-state index in [-0.39, 0.29) is 0 Å². The van der Waals surface area contributed by atoms with Crippen molar-refractivity contribution in [3.05, 3.63) is 78.2 Å². The zero-order valence-electron chi connectivity index (χ0n) is 13.6. The largest absolute Gasteiger partial charge is 0.340 e. The zero-order chi connectivity index (χ0) is 17.2. The van der Waals surface area contributed by atoms with E-state index in [9.17, 15) is 0 Å². The molecule has 2 aromatic carbocycles. The number of nitrogens with one attached hydrogen (secondary N) is 1. The van der Waals surface area contributed by atoms with Crippen LogP contribution in [0.15, 0.2) is 66.9 Å². The van der Waals surface area contributed by atoms with Gasteiger partial charge in [-0.3, -0.25) is 4.57 Å². The molecule has 5 heteroatoms. The number of fused-ring (bicyclic) bond motifs is 1. The number of imidazole rings is 1. The molecule has 4 aromatic rings. The molecule has 25 heavy (non-hydrogen) atoms. The molecule has 0 saturated carbocycles. The highest BCUT2D eigenvalue weighted by Crippen LogP contribution is 2.25. The predicted octanol–water partition coefficient (Wildman–Crippen LogP) is 4.34. The molecule has 0 atom stereocenters. The smallest absolute Gasteiger partial charge is 0.130 e. The highest BCUT2D eigenvalue weighted by Gasteiger charge is 2.09. The fourth-order valence-corrected chi connectivity index (χ4v) is 2.86. The van der Waals surface area contributed by atoms with Gasteiger partial charge in [0.05, 0.1) is 16.6 Å². The molecule has 4 rings (SSSR count). The molecule has 0 fully saturated rings. The molecule has 0 unspecified atom stereocenters. The molecule has 0 bridgehead atoms. The van der Waals surface area contributed by atoms with Crippen LogP contribution in [-0.4, -0.2) is 14.5 Å². The fraction of sp³-hybridized carbons (Fsp3) is 0.0500. The van der Waals surface area contributed by atoms with Crippen molar-refractivity contribution in [2.45, 2.75) is 6.92 Å². The number of benzene rings is 2. The number of hydrogen-bond donors (Lipinski definition) is 1. The van der Waals surface area contributed by atoms with Crippen LogP contribution in [0.4, 0.5) is 11.5 Å². The number of nitriles is 1. The minimum absolute atomic E-state index is 0.540. The fourth-order valence-electron chi connectivity index (χ4n) is 2.86. The van der Waals surface area contributed by atoms with E-state index in [4.69, 9.17) is 5.26 Å². The Morgan fingerprint density at radius 2 is 1.88 bits per heavy atom. The van der Waals surface area contributed by atoms with E-state index in [1.54, 1.807) is 18.3 Å². The Balaban J connectivity index is 1.70. The first-order valence-corrected chi connectivity index (χ1v) is 7.92. The quantitative estimate of drug-likeness (QED) is 0.608. The van der Waals surface area contributed by atoms with Crippen LogP contribution >= 0.6 is 0 Å². The first-order valence-electron chi connectivity index (χ1n) is 7.92. The van der Waals surface area contributed by atoms with Crippen LogP contribution in [0, 0.1) is 18.3 Å². The van der Waals surface area contributed by atoms with Crippen LogP contribution in [0.25, 0.3) is 16.7 Å². The average Bonchev–Trinajstić information content (AvgIpc) is 2.98. The van der Waals surface area contributed by atoms with E-state index in [2.05, 4.69) is 38.1 Å². The van der Waals surface area contributed by atoms with E-state index in [1.165, 1.54) is 0 Å². The van der Waals surface area contributed by atoms with Gasteiger partial charge >= 0.3 is 0 Å². The van der Waals surface area contributed by atoms with Gasteiger partial charge in [-0.25, -0.2) is 9.97 Å². The lowest BCUT2D eigenvalue weighted by atomic mass is 10.2. The molecular weight excluding hydrogens is 310 g/mol. The number of aryl methyl sites for hydroxylation is 1. The Morgan fingerprint density at radius 3 is 2.60 bits per heavy atom. The maximum atomic E-state index is 8.84. The predicted molar refractivity (Wildman–Crippen MR) is 98.0 cm³/mol. The van der Waals surface area contributed by atoms with Gasteiger partial charge in [0.1, 0.15) is 17.7 Å². The van der Waals surface area contributed by atoms with Crippen molar-refractivity contribution in [2.75, 3.05) is 5.32 Å². The monoisotopic (exact) mass is 325 g/mol. The SMILES string of the molecule is Cc1nc2cc(Nc3ccc(C#N)cn3)ccc2n1-c1ccccc1. The highest BCUT2D eigenvalue weighted by atomic mass is 15.1. The maximum Gasteiger partial charge on any atom is 0.130 e. The van der Waals surface area contributed by atoms with Gasteiger partial charge in [0.25, 0.3) is 0 Å². The van der Waals surface area contributed by atoms with Gasteiger partial charge in [0, 0.05) is 17.6 Å². The Bertz CT molecular complexity index is 1070. The van der Waals surface area contributed by atoms with Crippen molar-refractivity contribution in [1.82, 2.24) is 14.5 Å². The zero-order valence-corrected chi connectivity index (χ0v) is 13.6. The van der Waals surface area contributed by atoms with Crippen LogP contribution in [0.1, 0.15) is 11.4 Å². The minimum atomic E-state index is 0.540. The lowest BCUT2D eigenvalue weighted by Crippen LogP contribution is -1.96. The summed E-state index contributed by atoms with van der Waals surface area (Å²) in [5.74, 6) is 1.63. The number of aromatic nitrogens is 3. The summed E-state index contributed by atoms with van der Waals surface area (Å²) >= 11 is 0. The van der Waals surface area contributed by atoms with Gasteiger partial charge in [0.15, 0.2) is 0 Å². The minimum Gasteiger partial charge on any atom is -0.340 e. The molecule has 0 aliphatic carbocycles. The molecule has 2 heterocycles. The maximum absolute atomic E-state index is 8.84. The molecular formula is C20H15N5. The summed E-state index contributed by atoms with van der Waals surface area (Å²) in [7, 11) is 0. The molecule has 0 spiro atoms. The van der Waals surface area contributed by atoms with E-state index < -0.39 is 0 Å². The van der Waals surface area contributed by atoms with Crippen molar-refractivity contribution in [1.29, 1.82) is 5.26 Å². The Kier molecular flexibility index (Phi) is 3.64. The summed E-state index contributed by atoms with van der Waals surface area (Å²) in [6.45, 7) is 2.00. The average molecular weight is 325 g/mol. The van der Waals surface area contributed by atoms with E-state index in [0.29, 0.717) is 11.4 Å². The summed E-state index contributed by atoms with van der Waals surface area (Å²) in [5.41, 5.74) is 4.51. The van der Waals surface area contributed by atoms with Crippen LogP contribution < -0.4 is 5.32 Å². The number of pyridine rings is 1. The number of nitrogens with zero attached hydrogens (tertiary/aromatic N) is 4. The number of rotatable bonds is 3. The third-order valence-corrected chi connectivity index (χ3v) is 4.00. The van der Waals surface area contributed by atoms with Gasteiger partial charge < -0.3 is 5.32 Å². The van der Waals surface area contributed by atoms with Crippen molar-refractivity contribution >= 4 is 22.5 Å². The molecule has 0 aliphatic heterocycles. The van der Waals surface area contributed by atoms with Crippen molar-refractivity contribution in [2.24, 2.45) is 0 Å².